The van der Waals surface area contributed by atoms with Gasteiger partial charge in [-0.2, -0.15) is 0 Å². The van der Waals surface area contributed by atoms with E-state index in [0.29, 0.717) is 19.6 Å². The summed E-state index contributed by atoms with van der Waals surface area (Å²) >= 11 is 0. The normalized spacial score (nSPS) is 20.9. The SMILES string of the molecule is Cc1ccc(F)cc1CN1CCNCC1C(=O)O. The lowest BCUT2D eigenvalue weighted by Gasteiger charge is -2.33. The van der Waals surface area contributed by atoms with Gasteiger partial charge in [0.05, 0.1) is 0 Å². The minimum Gasteiger partial charge on any atom is -0.480 e. The van der Waals surface area contributed by atoms with Crippen LogP contribution in [-0.4, -0.2) is 41.7 Å². The van der Waals surface area contributed by atoms with Crippen molar-refractivity contribution in [2.45, 2.75) is 19.5 Å². The second-order valence-electron chi connectivity index (χ2n) is 4.60. The Morgan fingerprint density at radius 2 is 2.39 bits per heavy atom. The fraction of sp³-hybridized carbons (Fsp3) is 0.462. The highest BCUT2D eigenvalue weighted by atomic mass is 19.1. The third-order valence-electron chi connectivity index (χ3n) is 3.32. The molecule has 1 unspecified atom stereocenters. The molecule has 1 aromatic rings. The summed E-state index contributed by atoms with van der Waals surface area (Å²) in [5, 5.41) is 12.2. The molecule has 2 N–H and O–H groups in total. The molecule has 1 aromatic carbocycles. The van der Waals surface area contributed by atoms with Gasteiger partial charge in [0.15, 0.2) is 0 Å². The van der Waals surface area contributed by atoms with Gasteiger partial charge in [-0.1, -0.05) is 6.07 Å². The molecule has 2 rings (SSSR count). The summed E-state index contributed by atoms with van der Waals surface area (Å²) in [4.78, 5) is 13.0. The predicted molar refractivity (Wildman–Crippen MR) is 65.8 cm³/mol. The van der Waals surface area contributed by atoms with E-state index < -0.39 is 12.0 Å². The molecule has 1 aliphatic rings. The van der Waals surface area contributed by atoms with Crippen molar-refractivity contribution in [1.29, 1.82) is 0 Å². The molecule has 1 heterocycles. The highest BCUT2D eigenvalue weighted by Gasteiger charge is 2.28. The molecule has 98 valence electrons. The van der Waals surface area contributed by atoms with Gasteiger partial charge in [-0.15, -0.1) is 0 Å². The molecule has 5 heteroatoms. The molecule has 0 saturated carbocycles. The van der Waals surface area contributed by atoms with Gasteiger partial charge >= 0.3 is 5.97 Å². The predicted octanol–water partition coefficient (Wildman–Crippen LogP) is 0.993. The van der Waals surface area contributed by atoms with Crippen LogP contribution in [0.25, 0.3) is 0 Å². The van der Waals surface area contributed by atoms with E-state index in [1.807, 2.05) is 11.8 Å². The van der Waals surface area contributed by atoms with E-state index in [0.717, 1.165) is 17.7 Å². The zero-order chi connectivity index (χ0) is 13.1. The van der Waals surface area contributed by atoms with Gasteiger partial charge in [0, 0.05) is 26.2 Å². The first-order valence-electron chi connectivity index (χ1n) is 6.00. The second kappa shape index (κ2) is 5.46. The molecule has 1 aliphatic heterocycles. The number of aryl methyl sites for hydroxylation is 1. The molecule has 0 amide bonds. The summed E-state index contributed by atoms with van der Waals surface area (Å²) in [6, 6.07) is 4.09. The van der Waals surface area contributed by atoms with Gasteiger partial charge in [0.2, 0.25) is 0 Å². The van der Waals surface area contributed by atoms with Crippen LogP contribution in [0.5, 0.6) is 0 Å². The first-order chi connectivity index (χ1) is 8.58. The number of hydrogen-bond donors (Lipinski definition) is 2. The smallest absolute Gasteiger partial charge is 0.322 e. The molecule has 18 heavy (non-hydrogen) atoms. The Labute approximate surface area is 105 Å². The van der Waals surface area contributed by atoms with Crippen LogP contribution in [0, 0.1) is 12.7 Å². The number of carboxylic acids is 1. The Morgan fingerprint density at radius 3 is 3.11 bits per heavy atom. The fourth-order valence-electron chi connectivity index (χ4n) is 2.21. The summed E-state index contributed by atoms with van der Waals surface area (Å²) in [5.74, 6) is -1.12. The van der Waals surface area contributed by atoms with Gasteiger partial charge in [0.25, 0.3) is 0 Å². The Balaban J connectivity index is 2.15. The van der Waals surface area contributed by atoms with Crippen LogP contribution in [0.4, 0.5) is 4.39 Å². The molecule has 0 aromatic heterocycles. The highest BCUT2D eigenvalue weighted by molar-refractivity contribution is 5.74. The molecular formula is C13H17FN2O2. The number of hydrogen-bond acceptors (Lipinski definition) is 3. The van der Waals surface area contributed by atoms with Crippen molar-refractivity contribution >= 4 is 5.97 Å². The maximum atomic E-state index is 13.2. The van der Waals surface area contributed by atoms with Gasteiger partial charge in [-0.3, -0.25) is 9.69 Å². The second-order valence-corrected chi connectivity index (χ2v) is 4.60. The number of nitrogens with zero attached hydrogens (tertiary/aromatic N) is 1. The molecule has 1 saturated heterocycles. The highest BCUT2D eigenvalue weighted by Crippen LogP contribution is 2.15. The number of aliphatic carboxylic acids is 1. The number of benzene rings is 1. The lowest BCUT2D eigenvalue weighted by Crippen LogP contribution is -2.54. The molecule has 1 atom stereocenters. The summed E-state index contributed by atoms with van der Waals surface area (Å²) in [7, 11) is 0. The Morgan fingerprint density at radius 1 is 1.61 bits per heavy atom. The van der Waals surface area contributed by atoms with Crippen LogP contribution in [0.15, 0.2) is 18.2 Å². The number of piperazine rings is 1. The summed E-state index contributed by atoms with van der Waals surface area (Å²) < 4.78 is 13.2. The van der Waals surface area contributed by atoms with Crippen molar-refractivity contribution in [2.24, 2.45) is 0 Å². The zero-order valence-electron chi connectivity index (χ0n) is 10.3. The quantitative estimate of drug-likeness (QED) is 0.842. The van der Waals surface area contributed by atoms with Gasteiger partial charge in [-0.05, 0) is 30.2 Å². The van der Waals surface area contributed by atoms with E-state index in [2.05, 4.69) is 5.32 Å². The van der Waals surface area contributed by atoms with Gasteiger partial charge < -0.3 is 10.4 Å². The van der Waals surface area contributed by atoms with Crippen LogP contribution in [0.3, 0.4) is 0 Å². The number of carbonyl (C=O) groups is 1. The molecule has 0 aliphatic carbocycles. The molecular weight excluding hydrogens is 235 g/mol. The summed E-state index contributed by atoms with van der Waals surface area (Å²) in [6.45, 7) is 4.24. The third-order valence-corrected chi connectivity index (χ3v) is 3.32. The molecule has 0 spiro atoms. The average molecular weight is 252 g/mol. The molecule has 1 fully saturated rings. The Hall–Kier alpha value is -1.46. The Bertz CT molecular complexity index is 451. The first-order valence-corrected chi connectivity index (χ1v) is 6.00. The lowest BCUT2D eigenvalue weighted by atomic mass is 10.1. The van der Waals surface area contributed by atoms with Crippen molar-refractivity contribution in [3.05, 3.63) is 35.1 Å². The first kappa shape index (κ1) is 13.0. The standard InChI is InChI=1S/C13H17FN2O2/c1-9-2-3-11(14)6-10(9)8-16-5-4-15-7-12(16)13(17)18/h2-3,6,12,15H,4-5,7-8H2,1H3,(H,17,18). The maximum absolute atomic E-state index is 13.2. The zero-order valence-corrected chi connectivity index (χ0v) is 10.3. The van der Waals surface area contributed by atoms with E-state index in [1.165, 1.54) is 12.1 Å². The van der Waals surface area contributed by atoms with Crippen LogP contribution in [-0.2, 0) is 11.3 Å². The minimum absolute atomic E-state index is 0.280. The van der Waals surface area contributed by atoms with E-state index in [4.69, 9.17) is 5.11 Å². The summed E-state index contributed by atoms with van der Waals surface area (Å²) in [5.41, 5.74) is 1.84. The largest absolute Gasteiger partial charge is 0.480 e. The average Bonchev–Trinajstić information content (AvgIpc) is 2.34. The molecule has 0 radical (unpaired) electrons. The van der Waals surface area contributed by atoms with E-state index >= 15 is 0 Å². The third kappa shape index (κ3) is 2.86. The molecule has 0 bridgehead atoms. The van der Waals surface area contributed by atoms with Crippen LogP contribution in [0.1, 0.15) is 11.1 Å². The van der Waals surface area contributed by atoms with Crippen molar-refractivity contribution < 1.29 is 14.3 Å². The van der Waals surface area contributed by atoms with Crippen LogP contribution >= 0.6 is 0 Å². The van der Waals surface area contributed by atoms with Gasteiger partial charge in [0.1, 0.15) is 11.9 Å². The van der Waals surface area contributed by atoms with Gasteiger partial charge in [-0.25, -0.2) is 4.39 Å². The number of carboxylic acid groups (broad SMARTS) is 1. The lowest BCUT2D eigenvalue weighted by molar-refractivity contribution is -0.144. The topological polar surface area (TPSA) is 52.6 Å². The minimum atomic E-state index is -0.837. The van der Waals surface area contributed by atoms with Crippen LogP contribution in [0.2, 0.25) is 0 Å². The number of halogens is 1. The monoisotopic (exact) mass is 252 g/mol. The van der Waals surface area contributed by atoms with Crippen molar-refractivity contribution in [3.63, 3.8) is 0 Å². The van der Waals surface area contributed by atoms with Crippen molar-refractivity contribution in [1.82, 2.24) is 10.2 Å². The maximum Gasteiger partial charge on any atom is 0.322 e. The van der Waals surface area contributed by atoms with E-state index in [9.17, 15) is 9.18 Å². The number of rotatable bonds is 3. The Kier molecular flexibility index (Phi) is 3.93. The molecule has 4 nitrogen and oxygen atoms in total. The van der Waals surface area contributed by atoms with E-state index in [-0.39, 0.29) is 5.82 Å². The van der Waals surface area contributed by atoms with Crippen LogP contribution < -0.4 is 5.32 Å². The number of nitrogens with one attached hydrogen (secondary N) is 1. The fourth-order valence-corrected chi connectivity index (χ4v) is 2.21. The van der Waals surface area contributed by atoms with Crippen molar-refractivity contribution in [3.8, 4) is 0 Å². The van der Waals surface area contributed by atoms with Crippen molar-refractivity contribution in [2.75, 3.05) is 19.6 Å². The van der Waals surface area contributed by atoms with E-state index in [1.54, 1.807) is 6.07 Å². The summed E-state index contributed by atoms with van der Waals surface area (Å²) in [6.07, 6.45) is 0.